The second-order valence-corrected chi connectivity index (χ2v) is 11.4. The lowest BCUT2D eigenvalue weighted by Gasteiger charge is -2.37. The highest BCUT2D eigenvalue weighted by Gasteiger charge is 2.38. The van der Waals surface area contributed by atoms with Gasteiger partial charge >= 0.3 is 0 Å². The minimum absolute atomic E-state index is 0.0157. The Morgan fingerprint density at radius 3 is 2.61 bits per heavy atom. The van der Waals surface area contributed by atoms with Crippen LogP contribution < -0.4 is 4.74 Å². The van der Waals surface area contributed by atoms with Gasteiger partial charge in [0.15, 0.2) is 0 Å². The van der Waals surface area contributed by atoms with E-state index in [9.17, 15) is 23.6 Å². The van der Waals surface area contributed by atoms with Crippen LogP contribution in [0, 0.1) is 17.2 Å². The van der Waals surface area contributed by atoms with Gasteiger partial charge in [-0.15, -0.1) is 0 Å². The van der Waals surface area contributed by atoms with E-state index >= 15 is 0 Å². The first-order chi connectivity index (χ1) is 18.1. The van der Waals surface area contributed by atoms with Crippen LogP contribution in [0.1, 0.15) is 29.8 Å². The van der Waals surface area contributed by atoms with Gasteiger partial charge in [-0.2, -0.15) is 9.57 Å². The summed E-state index contributed by atoms with van der Waals surface area (Å²) in [6, 6.07) is 16.6. The van der Waals surface area contributed by atoms with Crippen LogP contribution in [0.4, 0.5) is 0 Å². The molecule has 1 N–H and O–H groups in total. The Bertz CT molecular complexity index is 1460. The fourth-order valence-electron chi connectivity index (χ4n) is 4.46. The summed E-state index contributed by atoms with van der Waals surface area (Å²) in [7, 11) is -2.33. The summed E-state index contributed by atoms with van der Waals surface area (Å²) in [5.41, 5.74) is 2.39. The summed E-state index contributed by atoms with van der Waals surface area (Å²) in [6.45, 7) is 3.50. The molecule has 0 unspecified atom stereocenters. The number of amides is 1. The van der Waals surface area contributed by atoms with Gasteiger partial charge in [-0.3, -0.25) is 9.78 Å². The summed E-state index contributed by atoms with van der Waals surface area (Å²) < 4.78 is 35.1. The van der Waals surface area contributed by atoms with E-state index in [2.05, 4.69) is 11.1 Å². The maximum Gasteiger partial charge on any atom is 0.253 e. The molecule has 9 nitrogen and oxygen atoms in total. The number of benzene rings is 2. The molecule has 2 aromatic carbocycles. The average molecular weight is 535 g/mol. The van der Waals surface area contributed by atoms with Gasteiger partial charge in [-0.1, -0.05) is 25.1 Å². The molecule has 0 saturated heterocycles. The molecule has 10 heteroatoms. The number of fused-ring (bicyclic) bond motifs is 1. The van der Waals surface area contributed by atoms with Crippen molar-refractivity contribution in [3.05, 3.63) is 78.1 Å². The lowest BCUT2D eigenvalue weighted by Crippen LogP contribution is -2.50. The molecule has 0 fully saturated rings. The maximum absolute atomic E-state index is 13.7. The molecule has 0 bridgehead atoms. The molecule has 1 aliphatic rings. The topological polar surface area (TPSA) is 124 Å². The molecule has 0 saturated carbocycles. The van der Waals surface area contributed by atoms with Crippen molar-refractivity contribution < 1.29 is 23.1 Å². The first kappa shape index (κ1) is 27.3. The van der Waals surface area contributed by atoms with Crippen LogP contribution in [0.5, 0.6) is 5.75 Å². The maximum atomic E-state index is 13.7. The molecule has 38 heavy (non-hydrogen) atoms. The highest BCUT2D eigenvalue weighted by molar-refractivity contribution is 7.89. The smallest absolute Gasteiger partial charge is 0.253 e. The fourth-order valence-corrected chi connectivity index (χ4v) is 6.28. The van der Waals surface area contributed by atoms with Crippen molar-refractivity contribution in [1.29, 1.82) is 5.26 Å². The predicted molar refractivity (Wildman–Crippen MR) is 142 cm³/mol. The van der Waals surface area contributed by atoms with E-state index in [1.54, 1.807) is 73.7 Å². The van der Waals surface area contributed by atoms with Crippen molar-refractivity contribution in [2.24, 2.45) is 5.92 Å². The summed E-state index contributed by atoms with van der Waals surface area (Å²) in [5.74, 6) is -0.368. The van der Waals surface area contributed by atoms with Gasteiger partial charge in [0, 0.05) is 43.5 Å². The third-order valence-electron chi connectivity index (χ3n) is 6.72. The van der Waals surface area contributed by atoms with Gasteiger partial charge < -0.3 is 14.7 Å². The van der Waals surface area contributed by atoms with Crippen LogP contribution in [0.3, 0.4) is 0 Å². The van der Waals surface area contributed by atoms with Gasteiger partial charge in [0.05, 0.1) is 24.8 Å². The van der Waals surface area contributed by atoms with Crippen LogP contribution >= 0.6 is 0 Å². The number of rotatable bonds is 6. The Balaban J connectivity index is 1.76. The third-order valence-corrected chi connectivity index (χ3v) is 8.74. The Hall–Kier alpha value is -3.78. The average Bonchev–Trinajstić information content (AvgIpc) is 2.94. The van der Waals surface area contributed by atoms with Gasteiger partial charge in [0.1, 0.15) is 16.7 Å². The van der Waals surface area contributed by atoms with Crippen molar-refractivity contribution in [1.82, 2.24) is 14.2 Å². The fraction of sp³-hybridized carbons (Fsp3) is 0.321. The molecule has 1 aromatic heterocycles. The van der Waals surface area contributed by atoms with E-state index in [1.807, 2.05) is 13.0 Å². The number of sulfonamides is 1. The second kappa shape index (κ2) is 11.3. The second-order valence-electron chi connectivity index (χ2n) is 9.52. The minimum Gasteiger partial charge on any atom is -0.487 e. The molecule has 1 aliphatic heterocycles. The molecule has 1 amide bonds. The number of carbonyl (C=O) groups excluding carboxylic acids is 1. The number of aliphatic hydroxyl groups is 1. The molecule has 4 rings (SSSR count). The normalized spacial score (nSPS) is 19.7. The van der Waals surface area contributed by atoms with Crippen LogP contribution in [0.2, 0.25) is 0 Å². The molecule has 3 aromatic rings. The van der Waals surface area contributed by atoms with E-state index in [1.165, 1.54) is 10.4 Å². The zero-order chi connectivity index (χ0) is 27.4. The number of ether oxygens (including phenoxy) is 1. The standard InChI is InChI=1S/C28H30N4O5S/c1-19-16-32(20(2)18-33)38(35,36)27-8-7-24(23-6-4-5-21(13-23)15-29)14-25(27)37-26(19)17-31(3)28(34)22-9-11-30-12-10-22/h4-14,19-20,26,33H,16-18H2,1-3H3/t19-,20+,26+/m0/s1. The first-order valence-electron chi connectivity index (χ1n) is 12.2. The molecule has 0 spiro atoms. The quantitative estimate of drug-likeness (QED) is 0.515. The highest BCUT2D eigenvalue weighted by atomic mass is 32.2. The Kier molecular flexibility index (Phi) is 8.11. The number of aromatic nitrogens is 1. The zero-order valence-electron chi connectivity index (χ0n) is 21.5. The number of hydrogen-bond donors (Lipinski definition) is 1. The predicted octanol–water partition coefficient (Wildman–Crippen LogP) is 3.16. The number of likely N-dealkylation sites (N-methyl/N-ethyl adjacent to an activating group) is 1. The van der Waals surface area contributed by atoms with Gasteiger partial charge in [-0.25, -0.2) is 8.42 Å². The van der Waals surface area contributed by atoms with E-state index in [0.29, 0.717) is 16.7 Å². The van der Waals surface area contributed by atoms with Crippen molar-refractivity contribution in [3.63, 3.8) is 0 Å². The van der Waals surface area contributed by atoms with Crippen LogP contribution in [-0.2, 0) is 10.0 Å². The van der Waals surface area contributed by atoms with Gasteiger partial charge in [0.2, 0.25) is 10.0 Å². The number of aliphatic hydroxyl groups excluding tert-OH is 1. The monoisotopic (exact) mass is 534 g/mol. The Morgan fingerprint density at radius 2 is 1.92 bits per heavy atom. The molecule has 2 heterocycles. The summed E-state index contributed by atoms with van der Waals surface area (Å²) in [4.78, 5) is 18.5. The van der Waals surface area contributed by atoms with E-state index in [0.717, 1.165) is 5.56 Å². The molecular formula is C28H30N4O5S. The van der Waals surface area contributed by atoms with Crippen molar-refractivity contribution in [2.75, 3.05) is 26.7 Å². The summed E-state index contributed by atoms with van der Waals surface area (Å²) >= 11 is 0. The molecule has 198 valence electrons. The number of hydrogen-bond acceptors (Lipinski definition) is 7. The number of pyridine rings is 1. The van der Waals surface area contributed by atoms with E-state index in [-0.39, 0.29) is 42.2 Å². The summed E-state index contributed by atoms with van der Waals surface area (Å²) in [6.07, 6.45) is 2.55. The Labute approximate surface area is 223 Å². The SMILES string of the molecule is C[C@H](CO)N1C[C@H](C)[C@@H](CN(C)C(=O)c2ccncc2)Oc2cc(-c3cccc(C#N)c3)ccc2S1(=O)=O. The van der Waals surface area contributed by atoms with Gasteiger partial charge in [-0.05, 0) is 54.4 Å². The van der Waals surface area contributed by atoms with Crippen LogP contribution in [0.15, 0.2) is 71.9 Å². The van der Waals surface area contributed by atoms with Crippen molar-refractivity contribution in [3.8, 4) is 22.9 Å². The largest absolute Gasteiger partial charge is 0.487 e. The number of nitriles is 1. The van der Waals surface area contributed by atoms with E-state index < -0.39 is 22.2 Å². The summed E-state index contributed by atoms with van der Waals surface area (Å²) in [5, 5.41) is 19.1. The number of carbonyl (C=O) groups is 1. The highest BCUT2D eigenvalue weighted by Crippen LogP contribution is 2.36. The van der Waals surface area contributed by atoms with E-state index in [4.69, 9.17) is 4.74 Å². The Morgan fingerprint density at radius 1 is 1.21 bits per heavy atom. The van der Waals surface area contributed by atoms with Crippen LogP contribution in [0.25, 0.3) is 11.1 Å². The van der Waals surface area contributed by atoms with Crippen molar-refractivity contribution >= 4 is 15.9 Å². The van der Waals surface area contributed by atoms with Crippen LogP contribution in [-0.4, -0.2) is 72.5 Å². The van der Waals surface area contributed by atoms with Gasteiger partial charge in [0.25, 0.3) is 5.91 Å². The number of nitrogens with zero attached hydrogens (tertiary/aromatic N) is 4. The molecule has 0 radical (unpaired) electrons. The zero-order valence-corrected chi connectivity index (χ0v) is 22.3. The van der Waals surface area contributed by atoms with Crippen molar-refractivity contribution in [2.45, 2.75) is 30.9 Å². The lowest BCUT2D eigenvalue weighted by atomic mass is 10.0. The minimum atomic E-state index is -4.00. The third kappa shape index (κ3) is 5.55. The first-order valence-corrected chi connectivity index (χ1v) is 13.7. The lowest BCUT2D eigenvalue weighted by molar-refractivity contribution is 0.0564. The molecule has 0 aliphatic carbocycles. The molecule has 3 atom stereocenters. The molecular weight excluding hydrogens is 504 g/mol.